The number of hydrogen-bond acceptors (Lipinski definition) is 6. The Morgan fingerprint density at radius 3 is 2.56 bits per heavy atom. The number of rotatable bonds is 4. The Morgan fingerprint density at radius 2 is 1.78 bits per heavy atom. The number of thiocarbonyl (C=S) groups is 1. The number of carbonyl (C=O) groups excluding carboxylic acids is 1. The third-order valence-corrected chi connectivity index (χ3v) is 5.02. The highest BCUT2D eigenvalue weighted by Gasteiger charge is 2.14. The molecule has 5 aromatic rings. The van der Waals surface area contributed by atoms with Gasteiger partial charge in [-0.15, -0.1) is 10.2 Å². The molecule has 1 amide bonds. The molecule has 0 bridgehead atoms. The molecule has 3 aromatic carbocycles. The zero-order chi connectivity index (χ0) is 22.1. The number of para-hydroxylation sites is 1. The minimum atomic E-state index is -0.426. The number of anilines is 1. The molecule has 2 N–H and O–H groups in total. The Kier molecular flexibility index (Phi) is 5.00. The summed E-state index contributed by atoms with van der Waals surface area (Å²) in [5, 5.41) is 15.6. The Morgan fingerprint density at radius 1 is 1.00 bits per heavy atom. The zero-order valence-corrected chi connectivity index (χ0v) is 17.7. The first-order valence-electron chi connectivity index (χ1n) is 9.71. The summed E-state index contributed by atoms with van der Waals surface area (Å²) in [5.74, 6) is 0.522. The van der Waals surface area contributed by atoms with E-state index in [4.69, 9.17) is 21.4 Å². The number of benzene rings is 3. The molecular weight excluding hydrogens is 426 g/mol. The summed E-state index contributed by atoms with van der Waals surface area (Å²) in [6, 6.07) is 22.0. The number of nitrogens with zero attached hydrogens (tertiary/aromatic N) is 3. The Hall–Kier alpha value is -4.24. The summed E-state index contributed by atoms with van der Waals surface area (Å²) < 4.78 is 10.8. The van der Waals surface area contributed by atoms with Crippen molar-refractivity contribution in [2.24, 2.45) is 0 Å². The van der Waals surface area contributed by atoms with Crippen LogP contribution in [-0.2, 0) is 0 Å². The van der Waals surface area contributed by atoms with E-state index in [2.05, 4.69) is 20.8 Å². The van der Waals surface area contributed by atoms with Gasteiger partial charge in [0.2, 0.25) is 0 Å². The van der Waals surface area contributed by atoms with E-state index in [0.29, 0.717) is 16.8 Å². The van der Waals surface area contributed by atoms with Crippen LogP contribution in [0.3, 0.4) is 0 Å². The van der Waals surface area contributed by atoms with Gasteiger partial charge in [0.15, 0.2) is 10.9 Å². The molecule has 0 saturated heterocycles. The molecule has 0 unspecified atom stereocenters. The molecule has 2 aromatic heterocycles. The number of furan rings is 1. The van der Waals surface area contributed by atoms with Crippen LogP contribution in [0.5, 0.6) is 5.75 Å². The molecule has 0 atom stereocenters. The average molecular weight is 443 g/mol. The van der Waals surface area contributed by atoms with Gasteiger partial charge < -0.3 is 14.5 Å². The van der Waals surface area contributed by atoms with Gasteiger partial charge in [0.05, 0.1) is 12.8 Å². The molecular formula is C23H17N5O3S. The van der Waals surface area contributed by atoms with Gasteiger partial charge in [-0.1, -0.05) is 18.2 Å². The number of ether oxygens (including phenoxy) is 1. The molecule has 0 radical (unpaired) electrons. The highest BCUT2D eigenvalue weighted by molar-refractivity contribution is 7.80. The first-order chi connectivity index (χ1) is 15.6. The van der Waals surface area contributed by atoms with Gasteiger partial charge in [0.25, 0.3) is 5.91 Å². The first kappa shape index (κ1) is 19.7. The normalized spacial score (nSPS) is 10.9. The summed E-state index contributed by atoms with van der Waals surface area (Å²) in [4.78, 5) is 14.0. The number of carbonyl (C=O) groups is 1. The van der Waals surface area contributed by atoms with Crippen molar-refractivity contribution in [2.45, 2.75) is 0 Å². The van der Waals surface area contributed by atoms with Crippen molar-refractivity contribution in [3.8, 4) is 11.4 Å². The summed E-state index contributed by atoms with van der Waals surface area (Å²) in [7, 11) is 1.62. The Balaban J connectivity index is 1.29. The van der Waals surface area contributed by atoms with Crippen molar-refractivity contribution in [2.75, 3.05) is 12.4 Å². The predicted molar refractivity (Wildman–Crippen MR) is 125 cm³/mol. The number of hydrogen-bond donors (Lipinski definition) is 2. The van der Waals surface area contributed by atoms with Crippen LogP contribution in [0, 0.1) is 0 Å². The third kappa shape index (κ3) is 3.88. The second-order valence-electron chi connectivity index (χ2n) is 6.95. The molecule has 0 aliphatic rings. The number of fused-ring (bicyclic) bond motifs is 2. The molecule has 0 spiro atoms. The van der Waals surface area contributed by atoms with E-state index in [-0.39, 0.29) is 10.9 Å². The van der Waals surface area contributed by atoms with E-state index in [0.717, 1.165) is 22.3 Å². The monoisotopic (exact) mass is 443 g/mol. The smallest absolute Gasteiger partial charge is 0.293 e. The summed E-state index contributed by atoms with van der Waals surface area (Å²) in [5.41, 5.74) is 3.53. The van der Waals surface area contributed by atoms with Crippen molar-refractivity contribution < 1.29 is 13.9 Å². The fraction of sp³-hybridized carbons (Fsp3) is 0.0435. The van der Waals surface area contributed by atoms with Crippen molar-refractivity contribution in [3.63, 3.8) is 0 Å². The minimum Gasteiger partial charge on any atom is -0.497 e. The van der Waals surface area contributed by atoms with E-state index < -0.39 is 5.91 Å². The lowest BCUT2D eigenvalue weighted by Crippen LogP contribution is -2.33. The van der Waals surface area contributed by atoms with Crippen LogP contribution in [0.2, 0.25) is 0 Å². The summed E-state index contributed by atoms with van der Waals surface area (Å²) in [6.07, 6.45) is 0. The topological polar surface area (TPSA) is 94.2 Å². The van der Waals surface area contributed by atoms with Crippen LogP contribution in [0.25, 0.3) is 27.7 Å². The van der Waals surface area contributed by atoms with E-state index >= 15 is 0 Å². The second-order valence-corrected chi connectivity index (χ2v) is 7.36. The Labute approximate surface area is 187 Å². The van der Waals surface area contributed by atoms with Crippen molar-refractivity contribution in [1.82, 2.24) is 20.3 Å². The van der Waals surface area contributed by atoms with Gasteiger partial charge in [-0.2, -0.15) is 4.80 Å². The van der Waals surface area contributed by atoms with Crippen LogP contribution in [-0.4, -0.2) is 33.1 Å². The molecule has 32 heavy (non-hydrogen) atoms. The standard InChI is InChI=1S/C23H17N5O3S/c1-30-17-9-7-16(8-10-17)28-26-18-11-6-15(13-19(18)27-28)24-23(32)25-22(29)21-12-14-4-2-3-5-20(14)31-21/h2-13H,1H3,(H2,24,25,29,32). The van der Waals surface area contributed by atoms with Crippen molar-refractivity contribution in [1.29, 1.82) is 0 Å². The zero-order valence-electron chi connectivity index (χ0n) is 16.9. The molecule has 8 nitrogen and oxygen atoms in total. The first-order valence-corrected chi connectivity index (χ1v) is 10.1. The predicted octanol–water partition coefficient (Wildman–Crippen LogP) is 4.30. The fourth-order valence-corrected chi connectivity index (χ4v) is 3.45. The lowest BCUT2D eigenvalue weighted by atomic mass is 10.2. The third-order valence-electron chi connectivity index (χ3n) is 4.82. The average Bonchev–Trinajstić information content (AvgIpc) is 3.43. The molecule has 9 heteroatoms. The SMILES string of the molecule is COc1ccc(-n2nc3ccc(NC(=S)NC(=O)c4cc5ccccc5o4)cc3n2)cc1. The molecule has 0 aliphatic carbocycles. The van der Waals surface area contributed by atoms with Gasteiger partial charge in [-0.3, -0.25) is 10.1 Å². The number of nitrogens with one attached hydrogen (secondary N) is 2. The van der Waals surface area contributed by atoms with Crippen molar-refractivity contribution in [3.05, 3.63) is 78.6 Å². The van der Waals surface area contributed by atoms with Gasteiger partial charge in [0, 0.05) is 11.1 Å². The van der Waals surface area contributed by atoms with Gasteiger partial charge in [-0.25, -0.2) is 0 Å². The van der Waals surface area contributed by atoms with Gasteiger partial charge in [-0.05, 0) is 66.8 Å². The largest absolute Gasteiger partial charge is 0.497 e. The molecule has 0 saturated carbocycles. The van der Waals surface area contributed by atoms with E-state index in [1.807, 2.05) is 60.7 Å². The second kappa shape index (κ2) is 8.12. The quantitative estimate of drug-likeness (QED) is 0.400. The van der Waals surface area contributed by atoms with Crippen LogP contribution in [0.1, 0.15) is 10.6 Å². The summed E-state index contributed by atoms with van der Waals surface area (Å²) in [6.45, 7) is 0. The summed E-state index contributed by atoms with van der Waals surface area (Å²) >= 11 is 5.28. The molecule has 0 aliphatic heterocycles. The number of methoxy groups -OCH3 is 1. The van der Waals surface area contributed by atoms with Gasteiger partial charge >= 0.3 is 0 Å². The maximum atomic E-state index is 12.5. The molecule has 0 fully saturated rings. The minimum absolute atomic E-state index is 0.150. The van der Waals surface area contributed by atoms with Crippen LogP contribution >= 0.6 is 12.2 Å². The molecule has 5 rings (SSSR count). The lowest BCUT2D eigenvalue weighted by Gasteiger charge is -2.08. The van der Waals surface area contributed by atoms with Crippen LogP contribution < -0.4 is 15.4 Å². The highest BCUT2D eigenvalue weighted by Crippen LogP contribution is 2.20. The number of aromatic nitrogens is 3. The van der Waals surface area contributed by atoms with Crippen LogP contribution in [0.15, 0.2) is 77.2 Å². The van der Waals surface area contributed by atoms with E-state index in [1.165, 1.54) is 0 Å². The lowest BCUT2D eigenvalue weighted by molar-refractivity contribution is 0.0953. The maximum Gasteiger partial charge on any atom is 0.293 e. The Bertz CT molecular complexity index is 1420. The maximum absolute atomic E-state index is 12.5. The van der Waals surface area contributed by atoms with E-state index in [1.54, 1.807) is 24.0 Å². The molecule has 158 valence electrons. The van der Waals surface area contributed by atoms with E-state index in [9.17, 15) is 4.79 Å². The van der Waals surface area contributed by atoms with Crippen molar-refractivity contribution >= 4 is 50.9 Å². The van der Waals surface area contributed by atoms with Gasteiger partial charge in [0.1, 0.15) is 22.4 Å². The number of amides is 1. The fourth-order valence-electron chi connectivity index (χ4n) is 3.24. The molecule has 2 heterocycles. The van der Waals surface area contributed by atoms with Crippen LogP contribution in [0.4, 0.5) is 5.69 Å². The highest BCUT2D eigenvalue weighted by atomic mass is 32.1.